The smallest absolute Gasteiger partial charge is 0.316 e. The van der Waals surface area contributed by atoms with Crippen molar-refractivity contribution < 1.29 is 9.59 Å². The van der Waals surface area contributed by atoms with Gasteiger partial charge in [0.05, 0.1) is 5.69 Å². The monoisotopic (exact) mass is 477 g/mol. The van der Waals surface area contributed by atoms with Gasteiger partial charge in [0.1, 0.15) is 0 Å². The number of urea groups is 1. The largest absolute Gasteiger partial charge is 0.451 e. The predicted octanol–water partition coefficient (Wildman–Crippen LogP) is 6.14. The molecular weight excluding hydrogens is 456 g/mol. The first-order chi connectivity index (χ1) is 15.8. The van der Waals surface area contributed by atoms with E-state index in [1.54, 1.807) is 36.4 Å². The lowest BCUT2D eigenvalue weighted by molar-refractivity contribution is 0.0881. The summed E-state index contributed by atoms with van der Waals surface area (Å²) in [5.41, 5.74) is 13.3. The average molecular weight is 478 g/mol. The zero-order valence-corrected chi connectivity index (χ0v) is 19.7. The van der Waals surface area contributed by atoms with Crippen molar-refractivity contribution in [3.63, 3.8) is 0 Å². The summed E-state index contributed by atoms with van der Waals surface area (Å²) >= 11 is 7.31. The number of nitrogens with one attached hydrogen (secondary N) is 1. The van der Waals surface area contributed by atoms with E-state index in [0.717, 1.165) is 16.7 Å². The second-order valence-electron chi connectivity index (χ2n) is 7.67. The fraction of sp³-hybridized carbons (Fsp3) is 0.0800. The van der Waals surface area contributed by atoms with Crippen LogP contribution in [0.3, 0.4) is 0 Å². The summed E-state index contributed by atoms with van der Waals surface area (Å²) in [6.07, 6.45) is 0. The van der Waals surface area contributed by atoms with Crippen molar-refractivity contribution in [2.24, 2.45) is 5.73 Å². The summed E-state index contributed by atoms with van der Waals surface area (Å²) in [6, 6.07) is 20.7. The number of amides is 3. The van der Waals surface area contributed by atoms with Crippen LogP contribution in [-0.4, -0.2) is 16.9 Å². The van der Waals surface area contributed by atoms with E-state index < -0.39 is 16.5 Å². The van der Waals surface area contributed by atoms with Crippen LogP contribution in [0.5, 0.6) is 0 Å². The summed E-state index contributed by atoms with van der Waals surface area (Å²) in [7, 11) is 0. The molecule has 6 nitrogen and oxygen atoms in total. The standard InChI is InChI=1S/C25H21ClN4O2S/c1-16-3-7-18(8-4-16)22-15-33-25(28-22)30(24(27)32,21-13-11-20(26)12-14-21)29-23(31)19-9-5-17(2)6-10-19/h3-15H,1-2H3,(H2-,27,29,31,32)/p+1. The van der Waals surface area contributed by atoms with Crippen molar-refractivity contribution >= 4 is 45.7 Å². The molecule has 4 aromatic rings. The molecule has 166 valence electrons. The van der Waals surface area contributed by atoms with Gasteiger partial charge in [0, 0.05) is 33.7 Å². The number of rotatable bonds is 4. The minimum Gasteiger partial charge on any atom is -0.316 e. The maximum Gasteiger partial charge on any atom is 0.451 e. The van der Waals surface area contributed by atoms with E-state index >= 15 is 0 Å². The van der Waals surface area contributed by atoms with E-state index in [0.29, 0.717) is 27.1 Å². The molecule has 4 rings (SSSR count). The van der Waals surface area contributed by atoms with Crippen molar-refractivity contribution in [3.05, 3.63) is 99.9 Å². The SMILES string of the molecule is Cc1ccc(C(=O)N[N+](C(N)=O)(c2ccc(Cl)cc2)c2nc(-c3ccc(C)cc3)cs2)cc1. The van der Waals surface area contributed by atoms with E-state index in [1.165, 1.54) is 11.3 Å². The van der Waals surface area contributed by atoms with Crippen molar-refractivity contribution in [1.29, 1.82) is 0 Å². The van der Waals surface area contributed by atoms with Gasteiger partial charge in [-0.1, -0.05) is 70.5 Å². The van der Waals surface area contributed by atoms with Crippen LogP contribution in [0.4, 0.5) is 15.6 Å². The van der Waals surface area contributed by atoms with Crippen LogP contribution >= 0.6 is 22.9 Å². The van der Waals surface area contributed by atoms with Gasteiger partial charge in [-0.3, -0.25) is 4.79 Å². The Labute approximate surface area is 200 Å². The zero-order chi connectivity index (χ0) is 23.6. The number of aromatic nitrogens is 1. The molecule has 0 radical (unpaired) electrons. The lowest BCUT2D eigenvalue weighted by Gasteiger charge is -2.29. The second kappa shape index (κ2) is 9.15. The molecule has 33 heavy (non-hydrogen) atoms. The van der Waals surface area contributed by atoms with Crippen molar-refractivity contribution in [2.75, 3.05) is 0 Å². The molecule has 1 atom stereocenters. The number of nitrogens with two attached hydrogens (primary N) is 1. The van der Waals surface area contributed by atoms with Gasteiger partial charge in [-0.25, -0.2) is 4.79 Å². The zero-order valence-electron chi connectivity index (χ0n) is 18.1. The normalized spacial score (nSPS) is 12.7. The second-order valence-corrected chi connectivity index (χ2v) is 8.95. The number of thiazole rings is 1. The third-order valence-corrected chi connectivity index (χ3v) is 6.42. The molecule has 0 aliphatic carbocycles. The van der Waals surface area contributed by atoms with Gasteiger partial charge in [0.25, 0.3) is 5.91 Å². The van der Waals surface area contributed by atoms with Gasteiger partial charge in [0.15, 0.2) is 5.69 Å². The molecule has 1 heterocycles. The summed E-state index contributed by atoms with van der Waals surface area (Å²) in [5.74, 6) is -0.462. The summed E-state index contributed by atoms with van der Waals surface area (Å²) in [6.45, 7) is 3.94. The van der Waals surface area contributed by atoms with Crippen LogP contribution in [0.2, 0.25) is 5.02 Å². The van der Waals surface area contributed by atoms with Crippen LogP contribution in [0.1, 0.15) is 21.5 Å². The fourth-order valence-corrected chi connectivity index (χ4v) is 4.44. The molecule has 3 amide bonds. The molecular formula is C25H22ClN4O2S+. The Morgan fingerprint density at radius 3 is 2.06 bits per heavy atom. The van der Waals surface area contributed by atoms with E-state index in [4.69, 9.17) is 22.3 Å². The molecule has 1 unspecified atom stereocenters. The molecule has 1 aromatic heterocycles. The third-order valence-electron chi connectivity index (χ3n) is 5.25. The maximum absolute atomic E-state index is 13.2. The van der Waals surface area contributed by atoms with Gasteiger partial charge in [-0.05, 0) is 42.7 Å². The minimum atomic E-state index is -0.803. The Morgan fingerprint density at radius 2 is 1.48 bits per heavy atom. The number of halogens is 1. The van der Waals surface area contributed by atoms with Gasteiger partial charge < -0.3 is 5.73 Å². The van der Waals surface area contributed by atoms with Gasteiger partial charge in [-0.15, -0.1) is 0 Å². The predicted molar refractivity (Wildman–Crippen MR) is 133 cm³/mol. The fourth-order valence-electron chi connectivity index (χ4n) is 3.36. The Morgan fingerprint density at radius 1 is 0.909 bits per heavy atom. The van der Waals surface area contributed by atoms with Crippen LogP contribution in [0, 0.1) is 13.8 Å². The Kier molecular flexibility index (Phi) is 6.29. The molecule has 0 aliphatic rings. The maximum atomic E-state index is 13.2. The number of carbonyl (C=O) groups excluding carboxylic acids is 2. The molecule has 0 fully saturated rings. The van der Waals surface area contributed by atoms with E-state index in [9.17, 15) is 9.59 Å². The summed E-state index contributed by atoms with van der Waals surface area (Å²) < 4.78 is -0.777. The quantitative estimate of drug-likeness (QED) is 0.273. The Hall–Kier alpha value is -3.52. The number of aryl methyl sites for hydroxylation is 2. The Bertz CT molecular complexity index is 1300. The molecule has 8 heteroatoms. The van der Waals surface area contributed by atoms with E-state index in [-0.39, 0.29) is 0 Å². The first kappa shape index (κ1) is 22.7. The molecule has 3 aromatic carbocycles. The van der Waals surface area contributed by atoms with Crippen molar-refractivity contribution in [3.8, 4) is 11.3 Å². The number of nitrogens with zero attached hydrogens (tertiary/aromatic N) is 2. The van der Waals surface area contributed by atoms with E-state index in [1.807, 2.05) is 55.6 Å². The number of benzene rings is 3. The van der Waals surface area contributed by atoms with Crippen LogP contribution in [0.15, 0.2) is 78.2 Å². The highest BCUT2D eigenvalue weighted by Gasteiger charge is 2.46. The molecule has 0 spiro atoms. The molecule has 3 N–H and O–H groups in total. The molecule has 0 saturated heterocycles. The third kappa shape index (κ3) is 4.52. The molecule has 0 saturated carbocycles. The first-order valence-corrected chi connectivity index (χ1v) is 11.4. The van der Waals surface area contributed by atoms with Crippen molar-refractivity contribution in [2.45, 2.75) is 13.8 Å². The number of quaternary nitrogens is 1. The lowest BCUT2D eigenvalue weighted by Crippen LogP contribution is -2.63. The molecule has 0 bridgehead atoms. The van der Waals surface area contributed by atoms with Gasteiger partial charge >= 0.3 is 11.2 Å². The number of hydrogen-bond donors (Lipinski definition) is 2. The van der Waals surface area contributed by atoms with Crippen molar-refractivity contribution in [1.82, 2.24) is 15.0 Å². The van der Waals surface area contributed by atoms with E-state index in [2.05, 4.69) is 5.43 Å². The van der Waals surface area contributed by atoms with Crippen LogP contribution < -0.4 is 15.8 Å². The number of primary amides is 1. The van der Waals surface area contributed by atoms with Crippen LogP contribution in [-0.2, 0) is 0 Å². The molecule has 0 aliphatic heterocycles. The number of hydrogen-bond acceptors (Lipinski definition) is 4. The van der Waals surface area contributed by atoms with Gasteiger partial charge in [-0.2, -0.15) is 10.4 Å². The average Bonchev–Trinajstić information content (AvgIpc) is 3.29. The van der Waals surface area contributed by atoms with Gasteiger partial charge in [0.2, 0.25) is 0 Å². The van der Waals surface area contributed by atoms with Crippen LogP contribution in [0.25, 0.3) is 11.3 Å². The summed E-state index contributed by atoms with van der Waals surface area (Å²) in [5, 5.41) is 2.63. The highest BCUT2D eigenvalue weighted by molar-refractivity contribution is 7.14. The highest BCUT2D eigenvalue weighted by atomic mass is 35.5. The Balaban J connectivity index is 1.84. The highest BCUT2D eigenvalue weighted by Crippen LogP contribution is 2.38. The topological polar surface area (TPSA) is 85.1 Å². The first-order valence-electron chi connectivity index (χ1n) is 10.2. The minimum absolute atomic E-state index is 0.306. The number of carbonyl (C=O) groups is 2. The lowest BCUT2D eigenvalue weighted by atomic mass is 10.1. The summed E-state index contributed by atoms with van der Waals surface area (Å²) in [4.78, 5) is 31.0.